The van der Waals surface area contributed by atoms with Gasteiger partial charge in [0.05, 0.1) is 17.9 Å². The zero-order valence-electron chi connectivity index (χ0n) is 18.8. The van der Waals surface area contributed by atoms with E-state index in [0.717, 1.165) is 68.9 Å². The monoisotopic (exact) mass is 434 g/mol. The number of rotatable bonds is 4. The summed E-state index contributed by atoms with van der Waals surface area (Å²) in [5.74, 6) is 0.114. The van der Waals surface area contributed by atoms with Crippen LogP contribution >= 0.6 is 0 Å². The summed E-state index contributed by atoms with van der Waals surface area (Å²) >= 11 is 0. The van der Waals surface area contributed by atoms with Gasteiger partial charge in [0.2, 0.25) is 0 Å². The number of carbonyl (C=O) groups is 1. The zero-order chi connectivity index (χ0) is 22.3. The quantitative estimate of drug-likeness (QED) is 0.761. The highest BCUT2D eigenvalue weighted by molar-refractivity contribution is 6.02. The van der Waals surface area contributed by atoms with Crippen molar-refractivity contribution in [3.63, 3.8) is 0 Å². The fourth-order valence-corrected chi connectivity index (χ4v) is 5.01. The van der Waals surface area contributed by atoms with Crippen LogP contribution < -0.4 is 4.74 Å². The molecule has 3 aliphatic rings. The number of carboxylic acid groups (broad SMARTS) is 1. The molecule has 32 heavy (non-hydrogen) atoms. The first-order valence-electron chi connectivity index (χ1n) is 11.4. The number of ether oxygens (including phenoxy) is 1. The van der Waals surface area contributed by atoms with Crippen molar-refractivity contribution in [3.05, 3.63) is 64.7 Å². The van der Waals surface area contributed by atoms with Crippen molar-refractivity contribution < 1.29 is 19.5 Å². The normalized spacial score (nSPS) is 21.4. The molecule has 1 saturated heterocycles. The van der Waals surface area contributed by atoms with E-state index in [9.17, 15) is 4.79 Å². The van der Waals surface area contributed by atoms with Crippen molar-refractivity contribution in [1.29, 1.82) is 0 Å². The van der Waals surface area contributed by atoms with E-state index < -0.39 is 5.97 Å². The Balaban J connectivity index is 1.20. The Labute approximate surface area is 188 Å². The maximum absolute atomic E-state index is 11.1. The molecular formula is C26H30N2O4. The van der Waals surface area contributed by atoms with E-state index >= 15 is 0 Å². The molecule has 1 fully saturated rings. The maximum Gasteiger partial charge on any atom is 0.335 e. The predicted octanol–water partition coefficient (Wildman–Crippen LogP) is 4.60. The predicted molar refractivity (Wildman–Crippen MR) is 122 cm³/mol. The minimum Gasteiger partial charge on any atom is -0.493 e. The van der Waals surface area contributed by atoms with Crippen LogP contribution in [0.15, 0.2) is 47.6 Å². The standard InChI is InChI=1S/C26H30N2O4/c1-25(2)11-14-31-23-8-3-18(15-21(23)25)17-28-12-9-26(10-13-28)16-22(27-32-26)19-4-6-20(7-5-19)24(29)30/h3-8,15H,9-14,16-17H2,1-2H3,(H,29,30). The van der Waals surface area contributed by atoms with Crippen LogP contribution in [0.25, 0.3) is 0 Å². The van der Waals surface area contributed by atoms with Crippen LogP contribution in [0.1, 0.15) is 66.6 Å². The highest BCUT2D eigenvalue weighted by Gasteiger charge is 2.42. The Kier molecular flexibility index (Phi) is 5.20. The number of likely N-dealkylation sites (tertiary alicyclic amines) is 1. The third kappa shape index (κ3) is 3.99. The molecule has 5 rings (SSSR count). The van der Waals surface area contributed by atoms with Gasteiger partial charge in [0.25, 0.3) is 0 Å². The average molecular weight is 435 g/mol. The fraction of sp³-hybridized carbons (Fsp3) is 0.462. The first-order valence-corrected chi connectivity index (χ1v) is 11.4. The van der Waals surface area contributed by atoms with Crippen LogP contribution in [0, 0.1) is 0 Å². The molecular weight excluding hydrogens is 404 g/mol. The van der Waals surface area contributed by atoms with Gasteiger partial charge in [0.1, 0.15) is 11.4 Å². The summed E-state index contributed by atoms with van der Waals surface area (Å²) in [5, 5.41) is 13.5. The number of carboxylic acids is 1. The second-order valence-electron chi connectivity index (χ2n) is 9.96. The highest BCUT2D eigenvalue weighted by atomic mass is 16.7. The van der Waals surface area contributed by atoms with Gasteiger partial charge in [-0.1, -0.05) is 43.3 Å². The Bertz CT molecular complexity index is 1050. The topological polar surface area (TPSA) is 71.4 Å². The largest absolute Gasteiger partial charge is 0.493 e. The molecule has 3 aliphatic heterocycles. The van der Waals surface area contributed by atoms with Crippen LogP contribution in [0.5, 0.6) is 5.75 Å². The molecule has 0 unspecified atom stereocenters. The number of hydrogen-bond donors (Lipinski definition) is 1. The molecule has 2 aromatic carbocycles. The van der Waals surface area contributed by atoms with Crippen molar-refractivity contribution in [2.45, 2.75) is 57.1 Å². The molecule has 0 radical (unpaired) electrons. The Morgan fingerprint density at radius 2 is 1.84 bits per heavy atom. The summed E-state index contributed by atoms with van der Waals surface area (Å²) in [6.07, 6.45) is 3.70. The summed E-state index contributed by atoms with van der Waals surface area (Å²) in [4.78, 5) is 19.5. The van der Waals surface area contributed by atoms with E-state index in [4.69, 9.17) is 14.7 Å². The first kappa shape index (κ1) is 21.0. The van der Waals surface area contributed by atoms with Crippen molar-refractivity contribution in [2.75, 3.05) is 19.7 Å². The smallest absolute Gasteiger partial charge is 0.335 e. The van der Waals surface area contributed by atoms with Gasteiger partial charge in [-0.3, -0.25) is 4.90 Å². The van der Waals surface area contributed by atoms with Crippen molar-refractivity contribution in [3.8, 4) is 5.75 Å². The van der Waals surface area contributed by atoms with Gasteiger partial charge in [-0.2, -0.15) is 0 Å². The minimum atomic E-state index is -0.917. The molecule has 168 valence electrons. The lowest BCUT2D eigenvalue weighted by Gasteiger charge is -2.37. The Hall–Kier alpha value is -2.86. The van der Waals surface area contributed by atoms with Crippen LogP contribution in [-0.4, -0.2) is 47.0 Å². The number of nitrogens with zero attached hydrogens (tertiary/aromatic N) is 2. The molecule has 6 nitrogen and oxygen atoms in total. The zero-order valence-corrected chi connectivity index (χ0v) is 18.8. The van der Waals surface area contributed by atoms with Gasteiger partial charge in [-0.05, 0) is 41.2 Å². The van der Waals surface area contributed by atoms with Gasteiger partial charge < -0.3 is 14.7 Å². The SMILES string of the molecule is CC1(C)CCOc2ccc(CN3CCC4(CC3)CC(c3ccc(C(=O)O)cc3)=NO4)cc21. The third-order valence-corrected chi connectivity index (χ3v) is 7.24. The number of oxime groups is 1. The van der Waals surface area contributed by atoms with Gasteiger partial charge in [0, 0.05) is 44.5 Å². The highest BCUT2D eigenvalue weighted by Crippen LogP contribution is 2.40. The number of aromatic carboxylic acids is 1. The van der Waals surface area contributed by atoms with Crippen molar-refractivity contribution in [2.24, 2.45) is 5.16 Å². The number of benzene rings is 2. The summed E-state index contributed by atoms with van der Waals surface area (Å²) in [7, 11) is 0. The molecule has 1 spiro atoms. The van der Waals surface area contributed by atoms with E-state index in [1.54, 1.807) is 12.1 Å². The van der Waals surface area contributed by atoms with Crippen molar-refractivity contribution >= 4 is 11.7 Å². The Morgan fingerprint density at radius 3 is 2.56 bits per heavy atom. The van der Waals surface area contributed by atoms with Crippen LogP contribution in [0.2, 0.25) is 0 Å². The third-order valence-electron chi connectivity index (χ3n) is 7.24. The maximum atomic E-state index is 11.1. The lowest BCUT2D eigenvalue weighted by molar-refractivity contribution is -0.0627. The summed E-state index contributed by atoms with van der Waals surface area (Å²) in [6.45, 7) is 8.26. The van der Waals surface area contributed by atoms with Gasteiger partial charge >= 0.3 is 5.97 Å². The fourth-order valence-electron chi connectivity index (χ4n) is 5.01. The van der Waals surface area contributed by atoms with Crippen molar-refractivity contribution in [1.82, 2.24) is 4.90 Å². The summed E-state index contributed by atoms with van der Waals surface area (Å²) in [6, 6.07) is 13.5. The van der Waals surface area contributed by atoms with Crippen LogP contribution in [0.3, 0.4) is 0 Å². The minimum absolute atomic E-state index is 0.156. The lowest BCUT2D eigenvalue weighted by atomic mass is 9.79. The number of piperidine rings is 1. The van der Waals surface area contributed by atoms with E-state index in [1.807, 2.05) is 12.1 Å². The molecule has 0 amide bonds. The molecule has 2 aromatic rings. The molecule has 0 saturated carbocycles. The summed E-state index contributed by atoms with van der Waals surface area (Å²) < 4.78 is 5.86. The van der Waals surface area contributed by atoms with E-state index in [2.05, 4.69) is 42.1 Å². The van der Waals surface area contributed by atoms with Crippen LogP contribution in [0.4, 0.5) is 0 Å². The van der Waals surface area contributed by atoms with E-state index in [-0.39, 0.29) is 16.6 Å². The second kappa shape index (κ2) is 7.93. The molecule has 0 aliphatic carbocycles. The van der Waals surface area contributed by atoms with E-state index in [0.29, 0.717) is 0 Å². The van der Waals surface area contributed by atoms with Crippen LogP contribution in [-0.2, 0) is 16.8 Å². The lowest BCUT2D eigenvalue weighted by Crippen LogP contribution is -2.44. The van der Waals surface area contributed by atoms with Gasteiger partial charge in [-0.15, -0.1) is 0 Å². The van der Waals surface area contributed by atoms with E-state index in [1.165, 1.54) is 11.1 Å². The molecule has 3 heterocycles. The van der Waals surface area contributed by atoms with Gasteiger partial charge in [0.15, 0.2) is 0 Å². The molecule has 0 aromatic heterocycles. The molecule has 6 heteroatoms. The van der Waals surface area contributed by atoms with Gasteiger partial charge in [-0.25, -0.2) is 4.79 Å². The molecule has 0 atom stereocenters. The average Bonchev–Trinajstić information content (AvgIpc) is 3.19. The molecule has 0 bridgehead atoms. The first-order chi connectivity index (χ1) is 15.3. The Morgan fingerprint density at radius 1 is 1.09 bits per heavy atom. The molecule has 1 N–H and O–H groups in total. The summed E-state index contributed by atoms with van der Waals surface area (Å²) in [5.41, 5.74) is 4.71. The number of fused-ring (bicyclic) bond motifs is 1. The second-order valence-corrected chi connectivity index (χ2v) is 9.96. The number of hydrogen-bond acceptors (Lipinski definition) is 5.